The Bertz CT molecular complexity index is 706. The standard InChI is InChI=1S/C18H25N5O/c24-17(9-8-14-5-1-2-6-14)22-12-4-3-7-15(22)16-10-11-19-18-20-13-21-23(16)18/h10-11,13-15H,1-9,12H2/t15-/m0/s1. The molecule has 2 fully saturated rings. The van der Waals surface area contributed by atoms with Gasteiger partial charge in [0.05, 0.1) is 11.7 Å². The Labute approximate surface area is 142 Å². The third kappa shape index (κ3) is 3.01. The third-order valence-corrected chi connectivity index (χ3v) is 5.62. The molecule has 1 aliphatic heterocycles. The van der Waals surface area contributed by atoms with Crippen molar-refractivity contribution in [1.82, 2.24) is 24.5 Å². The molecule has 4 rings (SSSR count). The minimum Gasteiger partial charge on any atom is -0.334 e. The van der Waals surface area contributed by atoms with Gasteiger partial charge in [-0.1, -0.05) is 25.7 Å². The molecule has 3 heterocycles. The van der Waals surface area contributed by atoms with E-state index in [9.17, 15) is 4.79 Å². The Kier molecular flexibility index (Phi) is 4.45. The van der Waals surface area contributed by atoms with Gasteiger partial charge in [0.15, 0.2) is 0 Å². The quantitative estimate of drug-likeness (QED) is 0.865. The number of likely N-dealkylation sites (tertiary alicyclic amines) is 1. The molecule has 0 unspecified atom stereocenters. The molecular weight excluding hydrogens is 302 g/mol. The van der Waals surface area contributed by atoms with Crippen molar-refractivity contribution in [2.24, 2.45) is 5.92 Å². The van der Waals surface area contributed by atoms with E-state index in [0.717, 1.165) is 43.8 Å². The smallest absolute Gasteiger partial charge is 0.252 e. The number of nitrogens with zero attached hydrogens (tertiary/aromatic N) is 5. The first kappa shape index (κ1) is 15.5. The largest absolute Gasteiger partial charge is 0.334 e. The molecule has 128 valence electrons. The summed E-state index contributed by atoms with van der Waals surface area (Å²) in [4.78, 5) is 23.4. The average molecular weight is 327 g/mol. The number of fused-ring (bicyclic) bond motifs is 1. The van der Waals surface area contributed by atoms with Crippen molar-refractivity contribution in [2.75, 3.05) is 6.54 Å². The lowest BCUT2D eigenvalue weighted by Gasteiger charge is -2.36. The Morgan fingerprint density at radius 2 is 1.96 bits per heavy atom. The Hall–Kier alpha value is -1.98. The summed E-state index contributed by atoms with van der Waals surface area (Å²) in [5, 5.41) is 4.30. The Morgan fingerprint density at radius 1 is 1.12 bits per heavy atom. The van der Waals surface area contributed by atoms with Crippen molar-refractivity contribution in [3.8, 4) is 0 Å². The molecule has 0 radical (unpaired) electrons. The summed E-state index contributed by atoms with van der Waals surface area (Å²) in [6.45, 7) is 0.854. The highest BCUT2D eigenvalue weighted by molar-refractivity contribution is 5.76. The second-order valence-electron chi connectivity index (χ2n) is 7.13. The van der Waals surface area contributed by atoms with Gasteiger partial charge in [-0.05, 0) is 37.7 Å². The number of amides is 1. The predicted octanol–water partition coefficient (Wildman–Crippen LogP) is 3.15. The van der Waals surface area contributed by atoms with Crippen molar-refractivity contribution in [3.05, 3.63) is 24.3 Å². The second-order valence-corrected chi connectivity index (χ2v) is 7.13. The summed E-state index contributed by atoms with van der Waals surface area (Å²) in [7, 11) is 0. The lowest BCUT2D eigenvalue weighted by atomic mass is 9.96. The number of aromatic nitrogens is 4. The van der Waals surface area contributed by atoms with E-state index in [0.29, 0.717) is 18.1 Å². The molecule has 2 aromatic heterocycles. The number of rotatable bonds is 4. The molecule has 1 saturated carbocycles. The zero-order valence-corrected chi connectivity index (χ0v) is 14.1. The lowest BCUT2D eigenvalue weighted by molar-refractivity contribution is -0.135. The van der Waals surface area contributed by atoms with Crippen LogP contribution >= 0.6 is 0 Å². The van der Waals surface area contributed by atoms with Crippen LogP contribution in [0.15, 0.2) is 18.6 Å². The summed E-state index contributed by atoms with van der Waals surface area (Å²) in [5.41, 5.74) is 1.03. The average Bonchev–Trinajstić information content (AvgIpc) is 3.30. The van der Waals surface area contributed by atoms with E-state index in [2.05, 4.69) is 20.0 Å². The van der Waals surface area contributed by atoms with Crippen molar-refractivity contribution in [2.45, 2.75) is 63.8 Å². The highest BCUT2D eigenvalue weighted by Crippen LogP contribution is 2.33. The zero-order valence-electron chi connectivity index (χ0n) is 14.1. The molecule has 1 atom stereocenters. The van der Waals surface area contributed by atoms with Crippen LogP contribution in [0.5, 0.6) is 0 Å². The second kappa shape index (κ2) is 6.87. The van der Waals surface area contributed by atoms with Crippen LogP contribution in [-0.2, 0) is 4.79 Å². The summed E-state index contributed by atoms with van der Waals surface area (Å²) in [5.74, 6) is 1.67. The van der Waals surface area contributed by atoms with Gasteiger partial charge < -0.3 is 4.90 Å². The van der Waals surface area contributed by atoms with Gasteiger partial charge in [0.2, 0.25) is 5.91 Å². The molecule has 1 aliphatic carbocycles. The number of carbonyl (C=O) groups excluding carboxylic acids is 1. The third-order valence-electron chi connectivity index (χ3n) is 5.62. The van der Waals surface area contributed by atoms with E-state index in [1.54, 1.807) is 10.7 Å². The fourth-order valence-electron chi connectivity index (χ4n) is 4.32. The van der Waals surface area contributed by atoms with Gasteiger partial charge >= 0.3 is 0 Å². The van der Waals surface area contributed by atoms with Crippen molar-refractivity contribution >= 4 is 11.7 Å². The normalized spacial score (nSPS) is 22.3. The monoisotopic (exact) mass is 327 g/mol. The molecule has 0 N–H and O–H groups in total. The molecule has 2 aromatic rings. The number of hydrogen-bond donors (Lipinski definition) is 0. The molecule has 1 saturated heterocycles. The summed E-state index contributed by atoms with van der Waals surface area (Å²) in [6, 6.07) is 2.08. The molecule has 0 aromatic carbocycles. The SMILES string of the molecule is O=C(CCC1CCCC1)N1CCCC[C@H]1c1ccnc2ncnn12. The van der Waals surface area contributed by atoms with E-state index in [1.807, 2.05) is 6.07 Å². The minimum absolute atomic E-state index is 0.0991. The van der Waals surface area contributed by atoms with Crippen LogP contribution in [0.25, 0.3) is 5.78 Å². The first-order valence-corrected chi connectivity index (χ1v) is 9.27. The minimum atomic E-state index is 0.0991. The Morgan fingerprint density at radius 3 is 2.83 bits per heavy atom. The molecule has 6 nitrogen and oxygen atoms in total. The van der Waals surface area contributed by atoms with E-state index >= 15 is 0 Å². The molecule has 0 bridgehead atoms. The van der Waals surface area contributed by atoms with Crippen molar-refractivity contribution in [1.29, 1.82) is 0 Å². The molecule has 0 spiro atoms. The van der Waals surface area contributed by atoms with Gasteiger partial charge in [-0.2, -0.15) is 14.6 Å². The van der Waals surface area contributed by atoms with Gasteiger partial charge in [-0.3, -0.25) is 4.79 Å². The molecule has 24 heavy (non-hydrogen) atoms. The van der Waals surface area contributed by atoms with E-state index in [4.69, 9.17) is 0 Å². The Balaban J connectivity index is 1.52. The maximum atomic E-state index is 12.9. The van der Waals surface area contributed by atoms with E-state index in [-0.39, 0.29) is 6.04 Å². The van der Waals surface area contributed by atoms with Gasteiger partial charge in [0.1, 0.15) is 6.33 Å². The summed E-state index contributed by atoms with van der Waals surface area (Å²) in [6.07, 6.45) is 13.6. The molecule has 2 aliphatic rings. The number of carbonyl (C=O) groups is 1. The predicted molar refractivity (Wildman–Crippen MR) is 90.3 cm³/mol. The van der Waals surface area contributed by atoms with Crippen molar-refractivity contribution in [3.63, 3.8) is 0 Å². The summed E-state index contributed by atoms with van der Waals surface area (Å²) >= 11 is 0. The molecule has 1 amide bonds. The fraction of sp³-hybridized carbons (Fsp3) is 0.667. The number of piperidine rings is 1. The van der Waals surface area contributed by atoms with Crippen LogP contribution in [0.4, 0.5) is 0 Å². The van der Waals surface area contributed by atoms with Gasteiger partial charge in [0, 0.05) is 19.2 Å². The lowest BCUT2D eigenvalue weighted by Crippen LogP contribution is -2.39. The molecule has 6 heteroatoms. The van der Waals surface area contributed by atoms with Gasteiger partial charge in [0.25, 0.3) is 5.78 Å². The maximum Gasteiger partial charge on any atom is 0.252 e. The number of hydrogen-bond acceptors (Lipinski definition) is 4. The summed E-state index contributed by atoms with van der Waals surface area (Å²) < 4.78 is 1.78. The van der Waals surface area contributed by atoms with Crippen LogP contribution in [0.1, 0.15) is 69.5 Å². The first-order valence-electron chi connectivity index (χ1n) is 9.27. The van der Waals surface area contributed by atoms with Gasteiger partial charge in [-0.15, -0.1) is 0 Å². The highest BCUT2D eigenvalue weighted by Gasteiger charge is 2.30. The maximum absolute atomic E-state index is 12.9. The van der Waals surface area contributed by atoms with Crippen LogP contribution in [0.3, 0.4) is 0 Å². The topological polar surface area (TPSA) is 63.4 Å². The van der Waals surface area contributed by atoms with E-state index in [1.165, 1.54) is 32.0 Å². The fourth-order valence-corrected chi connectivity index (χ4v) is 4.32. The molecular formula is C18H25N5O. The van der Waals surface area contributed by atoms with Crippen LogP contribution < -0.4 is 0 Å². The van der Waals surface area contributed by atoms with Crippen molar-refractivity contribution < 1.29 is 4.79 Å². The van der Waals surface area contributed by atoms with Gasteiger partial charge in [-0.25, -0.2) is 4.98 Å². The zero-order chi connectivity index (χ0) is 16.4. The van der Waals surface area contributed by atoms with E-state index < -0.39 is 0 Å². The van der Waals surface area contributed by atoms with Crippen LogP contribution in [0, 0.1) is 5.92 Å². The highest BCUT2D eigenvalue weighted by atomic mass is 16.2. The van der Waals surface area contributed by atoms with Crippen LogP contribution in [-0.4, -0.2) is 36.9 Å². The first-order chi connectivity index (χ1) is 11.8. The van der Waals surface area contributed by atoms with Crippen LogP contribution in [0.2, 0.25) is 0 Å².